The molecule has 1 aromatic carbocycles. The minimum Gasteiger partial charge on any atom is -0.496 e. The number of rotatable bonds is 5. The highest BCUT2D eigenvalue weighted by Gasteiger charge is 2.31. The van der Waals surface area contributed by atoms with E-state index in [1.165, 1.54) is 0 Å². The maximum absolute atomic E-state index is 10.8. The largest absolute Gasteiger partial charge is 0.496 e. The first-order chi connectivity index (χ1) is 13.7. The number of aliphatic hydroxyl groups is 2. The van der Waals surface area contributed by atoms with E-state index < -0.39 is 6.10 Å². The molecule has 0 amide bonds. The van der Waals surface area contributed by atoms with Crippen molar-refractivity contribution in [1.82, 2.24) is 9.97 Å². The lowest BCUT2D eigenvalue weighted by atomic mass is 9.95. The monoisotopic (exact) mass is 386 g/mol. The summed E-state index contributed by atoms with van der Waals surface area (Å²) in [6.07, 6.45) is 2.83. The average Bonchev–Trinajstić information content (AvgIpc) is 3.22. The highest BCUT2D eigenvalue weighted by Crippen LogP contribution is 2.40. The summed E-state index contributed by atoms with van der Waals surface area (Å²) in [6.45, 7) is 1.94. The van der Waals surface area contributed by atoms with Crippen molar-refractivity contribution in [2.24, 2.45) is 0 Å². The molecule has 1 aromatic heterocycles. The van der Waals surface area contributed by atoms with E-state index in [1.54, 1.807) is 20.5 Å². The first kappa shape index (κ1) is 18.8. The molecule has 2 N–H and O–H groups in total. The van der Waals surface area contributed by atoms with Crippen LogP contribution in [0.25, 0.3) is 0 Å². The average molecular weight is 386 g/mol. The number of anilines is 2. The van der Waals surface area contributed by atoms with Gasteiger partial charge in [0.1, 0.15) is 35.6 Å². The lowest BCUT2D eigenvalue weighted by Crippen LogP contribution is -2.36. The highest BCUT2D eigenvalue weighted by atomic mass is 16.5. The van der Waals surface area contributed by atoms with Crippen LogP contribution in [0.5, 0.6) is 11.5 Å². The van der Waals surface area contributed by atoms with Crippen molar-refractivity contribution in [1.29, 1.82) is 0 Å². The molecule has 2 aliphatic rings. The number of β-amino-alcohol motifs (C(OH)–C–C–N with tert-alkyl or cyclic N) is 1. The first-order valence-corrected chi connectivity index (χ1v) is 9.52. The van der Waals surface area contributed by atoms with Crippen LogP contribution >= 0.6 is 0 Å². The van der Waals surface area contributed by atoms with Crippen molar-refractivity contribution in [2.75, 3.05) is 43.7 Å². The third-order valence-electron chi connectivity index (χ3n) is 5.63. The molecule has 8 heteroatoms. The number of ether oxygens (including phenoxy) is 2. The van der Waals surface area contributed by atoms with E-state index in [1.807, 2.05) is 23.1 Å². The Morgan fingerprint density at radius 2 is 1.89 bits per heavy atom. The topological polar surface area (TPSA) is 91.2 Å². The Kier molecular flexibility index (Phi) is 5.23. The second-order valence-corrected chi connectivity index (χ2v) is 7.17. The highest BCUT2D eigenvalue weighted by molar-refractivity contribution is 5.57. The SMILES string of the molecule is COc1ccc(OC)c2c1CN(c1cc(N3CCC[C@@H]3CO)ncn1)C[C@@H]2O. The fourth-order valence-corrected chi connectivity index (χ4v) is 4.25. The van der Waals surface area contributed by atoms with Gasteiger partial charge in [-0.05, 0) is 25.0 Å². The molecule has 150 valence electrons. The van der Waals surface area contributed by atoms with E-state index in [2.05, 4.69) is 14.9 Å². The molecule has 0 aliphatic carbocycles. The third kappa shape index (κ3) is 3.22. The summed E-state index contributed by atoms with van der Waals surface area (Å²) in [5.74, 6) is 2.92. The third-order valence-corrected chi connectivity index (χ3v) is 5.63. The van der Waals surface area contributed by atoms with Gasteiger partial charge in [0.2, 0.25) is 0 Å². The molecule has 4 rings (SSSR count). The summed E-state index contributed by atoms with van der Waals surface area (Å²) < 4.78 is 11.0. The Labute approximate surface area is 164 Å². The number of methoxy groups -OCH3 is 2. The number of aliphatic hydroxyl groups excluding tert-OH is 2. The van der Waals surface area contributed by atoms with Crippen molar-refractivity contribution in [3.05, 3.63) is 35.7 Å². The van der Waals surface area contributed by atoms with E-state index in [4.69, 9.17) is 9.47 Å². The van der Waals surface area contributed by atoms with Crippen LogP contribution in [0.1, 0.15) is 30.1 Å². The molecule has 1 fully saturated rings. The molecule has 0 spiro atoms. The van der Waals surface area contributed by atoms with E-state index in [0.29, 0.717) is 24.6 Å². The maximum atomic E-state index is 10.8. The van der Waals surface area contributed by atoms with Gasteiger partial charge in [-0.1, -0.05) is 0 Å². The Morgan fingerprint density at radius 1 is 1.14 bits per heavy atom. The predicted octanol–water partition coefficient (Wildman–Crippen LogP) is 1.51. The van der Waals surface area contributed by atoms with Gasteiger partial charge in [0.25, 0.3) is 0 Å². The Hall–Kier alpha value is -2.58. The summed E-state index contributed by atoms with van der Waals surface area (Å²) in [6, 6.07) is 5.70. The van der Waals surface area contributed by atoms with Crippen LogP contribution in [-0.2, 0) is 6.54 Å². The van der Waals surface area contributed by atoms with Gasteiger partial charge in [-0.25, -0.2) is 9.97 Å². The number of benzene rings is 1. The Balaban J connectivity index is 1.66. The molecule has 0 radical (unpaired) electrons. The van der Waals surface area contributed by atoms with Gasteiger partial charge in [0.15, 0.2) is 0 Å². The lowest BCUT2D eigenvalue weighted by Gasteiger charge is -2.35. The molecule has 2 aromatic rings. The maximum Gasteiger partial charge on any atom is 0.134 e. The molecule has 8 nitrogen and oxygen atoms in total. The molecule has 2 atom stereocenters. The molecule has 0 unspecified atom stereocenters. The summed E-state index contributed by atoms with van der Waals surface area (Å²) in [4.78, 5) is 13.0. The number of fused-ring (bicyclic) bond motifs is 1. The van der Waals surface area contributed by atoms with Gasteiger partial charge in [-0.2, -0.15) is 0 Å². The number of hydrogen-bond donors (Lipinski definition) is 2. The zero-order valence-electron chi connectivity index (χ0n) is 16.2. The minimum atomic E-state index is -0.718. The van der Waals surface area contributed by atoms with Gasteiger partial charge in [0, 0.05) is 30.3 Å². The van der Waals surface area contributed by atoms with Crippen LogP contribution in [-0.4, -0.2) is 60.1 Å². The number of aromatic nitrogens is 2. The Morgan fingerprint density at radius 3 is 2.64 bits per heavy atom. The quantitative estimate of drug-likeness (QED) is 0.799. The molecule has 28 heavy (non-hydrogen) atoms. The molecule has 1 saturated heterocycles. The van der Waals surface area contributed by atoms with Crippen LogP contribution in [0.15, 0.2) is 24.5 Å². The number of hydrogen-bond acceptors (Lipinski definition) is 8. The normalized spacial score (nSPS) is 21.6. The zero-order chi connectivity index (χ0) is 19.7. The van der Waals surface area contributed by atoms with Crippen molar-refractivity contribution in [3.63, 3.8) is 0 Å². The van der Waals surface area contributed by atoms with Gasteiger partial charge in [0.05, 0.1) is 33.4 Å². The van der Waals surface area contributed by atoms with Crippen LogP contribution in [0.2, 0.25) is 0 Å². The summed E-state index contributed by atoms with van der Waals surface area (Å²) in [7, 11) is 3.23. The molecular weight excluding hydrogens is 360 g/mol. The van der Waals surface area contributed by atoms with Gasteiger partial charge in [-0.15, -0.1) is 0 Å². The zero-order valence-corrected chi connectivity index (χ0v) is 16.2. The second kappa shape index (κ2) is 7.81. The molecule has 3 heterocycles. The predicted molar refractivity (Wildman–Crippen MR) is 105 cm³/mol. The standard InChI is InChI=1S/C20H26N4O4/c1-27-16-5-6-17(28-2)20-14(16)9-23(10-15(20)26)18-8-19(22-12-21-18)24-7-3-4-13(24)11-25/h5-6,8,12-13,15,25-26H,3-4,7,9-11H2,1-2H3/t13-,15+/m1/s1. The van der Waals surface area contributed by atoms with Crippen molar-refractivity contribution in [2.45, 2.75) is 31.5 Å². The lowest BCUT2D eigenvalue weighted by molar-refractivity contribution is 0.169. The summed E-state index contributed by atoms with van der Waals surface area (Å²) in [5, 5.41) is 20.4. The van der Waals surface area contributed by atoms with Crippen LogP contribution in [0, 0.1) is 0 Å². The van der Waals surface area contributed by atoms with Gasteiger partial charge in [-0.3, -0.25) is 0 Å². The first-order valence-electron chi connectivity index (χ1n) is 9.52. The van der Waals surface area contributed by atoms with Crippen molar-refractivity contribution >= 4 is 11.6 Å². The van der Waals surface area contributed by atoms with Crippen LogP contribution < -0.4 is 19.3 Å². The molecular formula is C20H26N4O4. The molecule has 0 bridgehead atoms. The second-order valence-electron chi connectivity index (χ2n) is 7.17. The number of nitrogens with zero attached hydrogens (tertiary/aromatic N) is 4. The van der Waals surface area contributed by atoms with Crippen LogP contribution in [0.3, 0.4) is 0 Å². The van der Waals surface area contributed by atoms with Gasteiger partial charge >= 0.3 is 0 Å². The smallest absolute Gasteiger partial charge is 0.134 e. The fourth-order valence-electron chi connectivity index (χ4n) is 4.25. The Bertz CT molecular complexity index is 847. The minimum absolute atomic E-state index is 0.0970. The van der Waals surface area contributed by atoms with E-state index in [-0.39, 0.29) is 12.6 Å². The summed E-state index contributed by atoms with van der Waals surface area (Å²) >= 11 is 0. The van der Waals surface area contributed by atoms with Crippen LogP contribution in [0.4, 0.5) is 11.6 Å². The van der Waals surface area contributed by atoms with E-state index >= 15 is 0 Å². The van der Waals surface area contributed by atoms with E-state index in [9.17, 15) is 10.2 Å². The van der Waals surface area contributed by atoms with Crippen molar-refractivity contribution in [3.8, 4) is 11.5 Å². The molecule has 0 saturated carbocycles. The van der Waals surface area contributed by atoms with Gasteiger partial charge < -0.3 is 29.5 Å². The van der Waals surface area contributed by atoms with E-state index in [0.717, 1.165) is 42.1 Å². The van der Waals surface area contributed by atoms with Crippen molar-refractivity contribution < 1.29 is 19.7 Å². The molecule has 2 aliphatic heterocycles. The fraction of sp³-hybridized carbons (Fsp3) is 0.500. The summed E-state index contributed by atoms with van der Waals surface area (Å²) in [5.41, 5.74) is 1.67.